The van der Waals surface area contributed by atoms with Crippen LogP contribution in [0, 0.1) is 5.82 Å². The van der Waals surface area contributed by atoms with Crippen molar-refractivity contribution in [1.29, 1.82) is 0 Å². The van der Waals surface area contributed by atoms with Crippen molar-refractivity contribution in [3.05, 3.63) is 71.0 Å². The summed E-state index contributed by atoms with van der Waals surface area (Å²) in [4.78, 5) is 29.7. The highest BCUT2D eigenvalue weighted by Gasteiger charge is 2.46. The number of halogens is 1. The molecule has 0 unspecified atom stereocenters. The Balaban J connectivity index is 1.72. The van der Waals surface area contributed by atoms with Crippen LogP contribution in [0.4, 0.5) is 4.39 Å². The van der Waals surface area contributed by atoms with Crippen molar-refractivity contribution in [3.63, 3.8) is 0 Å². The smallest absolute Gasteiger partial charge is 0.295 e. The third-order valence-electron chi connectivity index (χ3n) is 5.85. The molecule has 0 radical (unpaired) electrons. The molecule has 0 bridgehead atoms. The number of methoxy groups -OCH3 is 1. The van der Waals surface area contributed by atoms with Gasteiger partial charge in [-0.15, -0.1) is 0 Å². The molecule has 32 heavy (non-hydrogen) atoms. The van der Waals surface area contributed by atoms with Gasteiger partial charge in [0.1, 0.15) is 17.3 Å². The summed E-state index contributed by atoms with van der Waals surface area (Å²) in [7, 11) is 1.55. The number of aliphatic hydroxyl groups is 1. The number of benzene rings is 2. The average Bonchev–Trinajstić information content (AvgIpc) is 3.08. The molecule has 2 fully saturated rings. The first-order valence-electron chi connectivity index (χ1n) is 10.5. The Morgan fingerprint density at radius 2 is 1.72 bits per heavy atom. The van der Waals surface area contributed by atoms with Crippen molar-refractivity contribution < 1.29 is 28.6 Å². The highest BCUT2D eigenvalue weighted by Crippen LogP contribution is 2.39. The van der Waals surface area contributed by atoms with Crippen molar-refractivity contribution >= 4 is 17.4 Å². The molecule has 8 heteroatoms. The molecule has 2 heterocycles. The monoisotopic (exact) mass is 440 g/mol. The quantitative estimate of drug-likeness (QED) is 0.423. The number of carbonyl (C=O) groups excluding carboxylic acids is 2. The zero-order valence-corrected chi connectivity index (χ0v) is 17.8. The molecule has 2 aromatic rings. The summed E-state index contributed by atoms with van der Waals surface area (Å²) in [6.45, 7) is 3.68. The van der Waals surface area contributed by atoms with E-state index in [2.05, 4.69) is 4.90 Å². The molecular formula is C24H25FN2O5. The van der Waals surface area contributed by atoms with Crippen molar-refractivity contribution in [2.45, 2.75) is 6.04 Å². The minimum Gasteiger partial charge on any atom is -0.507 e. The summed E-state index contributed by atoms with van der Waals surface area (Å²) in [5.74, 6) is -1.56. The molecule has 0 spiro atoms. The molecule has 168 valence electrons. The summed E-state index contributed by atoms with van der Waals surface area (Å²) in [5, 5.41) is 11.0. The van der Waals surface area contributed by atoms with E-state index >= 15 is 0 Å². The second kappa shape index (κ2) is 9.50. The fraction of sp³-hybridized carbons (Fsp3) is 0.333. The van der Waals surface area contributed by atoms with Crippen LogP contribution in [0.3, 0.4) is 0 Å². The molecule has 0 aromatic heterocycles. The maximum absolute atomic E-state index is 13.4. The molecule has 1 amide bonds. The zero-order chi connectivity index (χ0) is 22.7. The van der Waals surface area contributed by atoms with E-state index in [4.69, 9.17) is 9.47 Å². The minimum atomic E-state index is -0.757. The first-order chi connectivity index (χ1) is 15.5. The van der Waals surface area contributed by atoms with Gasteiger partial charge in [0, 0.05) is 31.7 Å². The van der Waals surface area contributed by atoms with Gasteiger partial charge in [0.25, 0.3) is 11.7 Å². The van der Waals surface area contributed by atoms with Crippen molar-refractivity contribution in [2.75, 3.05) is 46.5 Å². The number of nitrogens with zero attached hydrogens (tertiary/aromatic N) is 2. The third-order valence-corrected chi connectivity index (χ3v) is 5.85. The molecule has 2 saturated heterocycles. The van der Waals surface area contributed by atoms with Crippen LogP contribution in [0.5, 0.6) is 5.75 Å². The van der Waals surface area contributed by atoms with E-state index in [-0.39, 0.29) is 16.9 Å². The van der Waals surface area contributed by atoms with Crippen molar-refractivity contribution in [1.82, 2.24) is 9.80 Å². The molecule has 4 rings (SSSR count). The number of carbonyl (C=O) groups is 2. The van der Waals surface area contributed by atoms with E-state index in [9.17, 15) is 19.1 Å². The Morgan fingerprint density at radius 1 is 1.06 bits per heavy atom. The van der Waals surface area contributed by atoms with Crippen LogP contribution in [0.1, 0.15) is 17.2 Å². The van der Waals surface area contributed by atoms with Crippen molar-refractivity contribution in [2.24, 2.45) is 0 Å². The number of hydrogen-bond donors (Lipinski definition) is 1. The van der Waals surface area contributed by atoms with Crippen LogP contribution >= 0.6 is 0 Å². The van der Waals surface area contributed by atoms with E-state index in [1.165, 1.54) is 29.2 Å². The van der Waals surface area contributed by atoms with Gasteiger partial charge in [-0.1, -0.05) is 12.1 Å². The lowest BCUT2D eigenvalue weighted by atomic mass is 9.95. The van der Waals surface area contributed by atoms with Gasteiger partial charge in [0.05, 0.1) is 31.9 Å². The van der Waals surface area contributed by atoms with Gasteiger partial charge in [-0.2, -0.15) is 0 Å². The van der Waals surface area contributed by atoms with Crippen LogP contribution in [0.15, 0.2) is 54.1 Å². The molecule has 0 aliphatic carbocycles. The summed E-state index contributed by atoms with van der Waals surface area (Å²) < 4.78 is 24.0. The Kier molecular flexibility index (Phi) is 6.53. The number of likely N-dealkylation sites (tertiary alicyclic amines) is 1. The van der Waals surface area contributed by atoms with Gasteiger partial charge in [-0.05, 0) is 42.0 Å². The summed E-state index contributed by atoms with van der Waals surface area (Å²) in [6.07, 6.45) is 0. The number of Topliss-reactive ketones (excluding diaryl/α,β-unsaturated/α-hetero) is 1. The summed E-state index contributed by atoms with van der Waals surface area (Å²) in [6, 6.07) is 11.5. The predicted octanol–water partition coefficient (Wildman–Crippen LogP) is 2.59. The fourth-order valence-electron chi connectivity index (χ4n) is 4.08. The second-order valence-electron chi connectivity index (χ2n) is 7.73. The van der Waals surface area contributed by atoms with Gasteiger partial charge in [0.2, 0.25) is 0 Å². The molecule has 7 nitrogen and oxygen atoms in total. The number of ketones is 1. The van der Waals surface area contributed by atoms with Crippen LogP contribution < -0.4 is 4.74 Å². The third kappa shape index (κ3) is 4.37. The van der Waals surface area contributed by atoms with E-state index < -0.39 is 23.5 Å². The normalized spacial score (nSPS) is 21.2. The Labute approximate surface area is 185 Å². The SMILES string of the molecule is COc1ccc([C@@H]2C(=C(O)c3ccc(F)cc3)C(=O)C(=O)N2CCN2CCOCC2)cc1. The molecule has 1 N–H and O–H groups in total. The van der Waals surface area contributed by atoms with Gasteiger partial charge in [-0.25, -0.2) is 4.39 Å². The maximum atomic E-state index is 13.4. The lowest BCUT2D eigenvalue weighted by Crippen LogP contribution is -2.42. The highest BCUT2D eigenvalue weighted by atomic mass is 19.1. The van der Waals surface area contributed by atoms with Gasteiger partial charge >= 0.3 is 0 Å². The van der Waals surface area contributed by atoms with E-state index in [1.54, 1.807) is 31.4 Å². The van der Waals surface area contributed by atoms with Gasteiger partial charge in [0.15, 0.2) is 0 Å². The van der Waals surface area contributed by atoms with E-state index in [0.29, 0.717) is 37.6 Å². The highest BCUT2D eigenvalue weighted by molar-refractivity contribution is 6.46. The summed E-state index contributed by atoms with van der Waals surface area (Å²) in [5.41, 5.74) is 0.945. The second-order valence-corrected chi connectivity index (χ2v) is 7.73. The summed E-state index contributed by atoms with van der Waals surface area (Å²) >= 11 is 0. The fourth-order valence-corrected chi connectivity index (χ4v) is 4.08. The Hall–Kier alpha value is -3.23. The molecule has 0 saturated carbocycles. The van der Waals surface area contributed by atoms with E-state index in [0.717, 1.165) is 13.1 Å². The number of amides is 1. The van der Waals surface area contributed by atoms with Gasteiger partial charge < -0.3 is 19.5 Å². The Bertz CT molecular complexity index is 1010. The van der Waals surface area contributed by atoms with Crippen LogP contribution in [-0.2, 0) is 14.3 Å². The number of aliphatic hydroxyl groups excluding tert-OH is 1. The molecule has 1 atom stereocenters. The lowest BCUT2D eigenvalue weighted by Gasteiger charge is -2.31. The molecular weight excluding hydrogens is 415 g/mol. The molecule has 2 aliphatic heterocycles. The average molecular weight is 440 g/mol. The topological polar surface area (TPSA) is 79.3 Å². The largest absolute Gasteiger partial charge is 0.507 e. The maximum Gasteiger partial charge on any atom is 0.295 e. The number of rotatable bonds is 6. The van der Waals surface area contributed by atoms with Crippen molar-refractivity contribution in [3.8, 4) is 5.75 Å². The Morgan fingerprint density at radius 3 is 2.34 bits per heavy atom. The number of hydrogen-bond acceptors (Lipinski definition) is 6. The predicted molar refractivity (Wildman–Crippen MR) is 116 cm³/mol. The van der Waals surface area contributed by atoms with Crippen LogP contribution in [0.2, 0.25) is 0 Å². The van der Waals surface area contributed by atoms with Crippen LogP contribution in [0.25, 0.3) is 5.76 Å². The number of morpholine rings is 1. The van der Waals surface area contributed by atoms with Crippen LogP contribution in [-0.4, -0.2) is 73.1 Å². The first kappa shape index (κ1) is 22.0. The molecule has 2 aliphatic rings. The van der Waals surface area contributed by atoms with Gasteiger partial charge in [-0.3, -0.25) is 14.5 Å². The zero-order valence-electron chi connectivity index (χ0n) is 17.8. The lowest BCUT2D eigenvalue weighted by molar-refractivity contribution is -0.140. The minimum absolute atomic E-state index is 0.00578. The number of ether oxygens (including phenoxy) is 2. The molecule has 2 aromatic carbocycles. The first-order valence-corrected chi connectivity index (χ1v) is 10.5. The van der Waals surface area contributed by atoms with E-state index in [1.807, 2.05) is 0 Å². The standard InChI is InChI=1S/C24H25FN2O5/c1-31-19-8-4-16(5-9-19)21-20(22(28)17-2-6-18(25)7-3-17)23(29)24(30)27(21)11-10-26-12-14-32-15-13-26/h2-9,21,28H,10-15H2,1H3/t21-/m1/s1.